The van der Waals surface area contributed by atoms with Gasteiger partial charge in [0, 0.05) is 18.7 Å². The van der Waals surface area contributed by atoms with Gasteiger partial charge in [-0.3, -0.25) is 9.59 Å². The molecule has 1 heterocycles. The molecule has 1 fully saturated rings. The van der Waals surface area contributed by atoms with Crippen molar-refractivity contribution in [3.8, 4) is 5.75 Å². The van der Waals surface area contributed by atoms with Crippen molar-refractivity contribution in [1.29, 1.82) is 0 Å². The largest absolute Gasteiger partial charge is 0.507 e. The number of hydrogen-bond donors (Lipinski definition) is 1. The molecule has 0 bridgehead atoms. The fourth-order valence-electron chi connectivity index (χ4n) is 4.55. The molecule has 0 unspecified atom stereocenters. The number of Topliss-reactive ketones (excluding diaryl/α,β-unsaturated/α-hetero) is 1. The molecule has 0 aromatic heterocycles. The lowest BCUT2D eigenvalue weighted by molar-refractivity contribution is -0.140. The summed E-state index contributed by atoms with van der Waals surface area (Å²) in [5.74, 6) is -0.228. The van der Waals surface area contributed by atoms with Crippen LogP contribution in [0, 0.1) is 12.8 Å². The van der Waals surface area contributed by atoms with Crippen molar-refractivity contribution in [1.82, 2.24) is 9.80 Å². The Balaban J connectivity index is 2.05. The molecule has 2 aromatic carbocycles. The highest BCUT2D eigenvalue weighted by atomic mass is 16.5. The number of hydrogen-bond acceptors (Lipinski definition) is 5. The summed E-state index contributed by atoms with van der Waals surface area (Å²) < 4.78 is 5.87. The molecule has 0 spiro atoms. The Bertz CT molecular complexity index is 1100. The van der Waals surface area contributed by atoms with Gasteiger partial charge in [-0.25, -0.2) is 0 Å². The van der Waals surface area contributed by atoms with Crippen molar-refractivity contribution in [3.63, 3.8) is 0 Å². The zero-order chi connectivity index (χ0) is 26.4. The van der Waals surface area contributed by atoms with Gasteiger partial charge in [0.25, 0.3) is 11.7 Å². The van der Waals surface area contributed by atoms with Gasteiger partial charge in [-0.1, -0.05) is 58.9 Å². The Morgan fingerprint density at radius 3 is 2.28 bits per heavy atom. The minimum absolute atomic E-state index is 0.138. The molecule has 1 aliphatic heterocycles. The van der Waals surface area contributed by atoms with E-state index >= 15 is 0 Å². The van der Waals surface area contributed by atoms with Crippen molar-refractivity contribution in [3.05, 3.63) is 70.3 Å². The summed E-state index contributed by atoms with van der Waals surface area (Å²) in [6.07, 6.45) is 0.896. The number of likely N-dealkylation sites (tertiary alicyclic amines) is 1. The minimum Gasteiger partial charge on any atom is -0.507 e. The summed E-state index contributed by atoms with van der Waals surface area (Å²) in [7, 11) is 0. The first-order chi connectivity index (χ1) is 17.2. The van der Waals surface area contributed by atoms with E-state index in [4.69, 9.17) is 4.74 Å². The van der Waals surface area contributed by atoms with Gasteiger partial charge in [-0.05, 0) is 67.2 Å². The molecule has 6 heteroatoms. The molecule has 0 radical (unpaired) electrons. The van der Waals surface area contributed by atoms with Crippen LogP contribution in [-0.4, -0.2) is 59.4 Å². The van der Waals surface area contributed by atoms with E-state index in [0.717, 1.165) is 36.4 Å². The minimum atomic E-state index is -0.644. The molecule has 194 valence electrons. The number of likely N-dealkylation sites (N-methyl/N-ethyl adjacent to an activating group) is 1. The fourth-order valence-corrected chi connectivity index (χ4v) is 4.55. The van der Waals surface area contributed by atoms with E-state index in [1.165, 1.54) is 5.56 Å². The number of carbonyl (C=O) groups excluding carboxylic acids is 2. The number of aliphatic hydroxyl groups excluding tert-OH is 1. The number of ether oxygens (including phenoxy) is 1. The topological polar surface area (TPSA) is 70.1 Å². The number of benzene rings is 2. The second-order valence-electron chi connectivity index (χ2n) is 9.80. The highest BCUT2D eigenvalue weighted by molar-refractivity contribution is 6.46. The summed E-state index contributed by atoms with van der Waals surface area (Å²) in [6, 6.07) is 12.7. The molecule has 0 aliphatic carbocycles. The van der Waals surface area contributed by atoms with Crippen LogP contribution in [-0.2, 0) is 16.0 Å². The van der Waals surface area contributed by atoms with Crippen LogP contribution in [0.4, 0.5) is 0 Å². The van der Waals surface area contributed by atoms with E-state index in [0.29, 0.717) is 31.2 Å². The third-order valence-corrected chi connectivity index (χ3v) is 6.82. The average molecular weight is 493 g/mol. The second kappa shape index (κ2) is 12.2. The molecular formula is C30H40N2O4. The standard InChI is InChI=1S/C30H40N2O4/c1-7-22-10-12-23(13-11-22)27-26(29(34)30(35)32(27)17-16-31(8-2)9-3)28(33)24-14-15-25(21(6)18-24)36-19-20(4)5/h10-15,18,20,27,33H,7-9,16-17,19H2,1-6H3/t27-/m0/s1. The zero-order valence-corrected chi connectivity index (χ0v) is 22.5. The molecule has 1 saturated heterocycles. The highest BCUT2D eigenvalue weighted by Crippen LogP contribution is 2.40. The lowest BCUT2D eigenvalue weighted by Crippen LogP contribution is -2.38. The highest BCUT2D eigenvalue weighted by Gasteiger charge is 2.46. The number of ketones is 1. The van der Waals surface area contributed by atoms with Gasteiger partial charge in [0.15, 0.2) is 0 Å². The normalized spacial score (nSPS) is 17.4. The van der Waals surface area contributed by atoms with Crippen molar-refractivity contribution in [2.45, 2.75) is 54.0 Å². The van der Waals surface area contributed by atoms with Crippen molar-refractivity contribution < 1.29 is 19.4 Å². The Kier molecular flexibility index (Phi) is 9.32. The van der Waals surface area contributed by atoms with Crippen LogP contribution in [0.2, 0.25) is 0 Å². The van der Waals surface area contributed by atoms with E-state index in [1.54, 1.807) is 11.0 Å². The lowest BCUT2D eigenvalue weighted by Gasteiger charge is -2.28. The maximum absolute atomic E-state index is 13.3. The predicted molar refractivity (Wildman–Crippen MR) is 144 cm³/mol. The van der Waals surface area contributed by atoms with E-state index in [9.17, 15) is 14.7 Å². The first kappa shape index (κ1) is 27.5. The Morgan fingerprint density at radius 1 is 1.06 bits per heavy atom. The number of nitrogens with zero attached hydrogens (tertiary/aromatic N) is 2. The summed E-state index contributed by atoms with van der Waals surface area (Å²) in [5.41, 5.74) is 3.49. The van der Waals surface area contributed by atoms with Gasteiger partial charge >= 0.3 is 0 Å². The Hall–Kier alpha value is -3.12. The second-order valence-corrected chi connectivity index (χ2v) is 9.80. The smallest absolute Gasteiger partial charge is 0.295 e. The Labute approximate surface area is 215 Å². The van der Waals surface area contributed by atoms with Gasteiger partial charge in [0.1, 0.15) is 11.5 Å². The molecular weight excluding hydrogens is 452 g/mol. The lowest BCUT2D eigenvalue weighted by atomic mass is 9.94. The molecule has 2 aromatic rings. The van der Waals surface area contributed by atoms with E-state index in [1.807, 2.05) is 43.3 Å². The zero-order valence-electron chi connectivity index (χ0n) is 22.5. The Morgan fingerprint density at radius 2 is 1.72 bits per heavy atom. The van der Waals surface area contributed by atoms with Gasteiger partial charge in [-0.15, -0.1) is 0 Å². The van der Waals surface area contributed by atoms with Crippen LogP contribution in [0.1, 0.15) is 62.9 Å². The van der Waals surface area contributed by atoms with Crippen LogP contribution in [0.5, 0.6) is 5.75 Å². The molecule has 0 saturated carbocycles. The van der Waals surface area contributed by atoms with Gasteiger partial charge in [0.05, 0.1) is 18.2 Å². The summed E-state index contributed by atoms with van der Waals surface area (Å²) in [5, 5.41) is 11.4. The molecule has 36 heavy (non-hydrogen) atoms. The van der Waals surface area contributed by atoms with E-state index in [-0.39, 0.29) is 11.3 Å². The molecule has 1 amide bonds. The third-order valence-electron chi connectivity index (χ3n) is 6.82. The summed E-state index contributed by atoms with van der Waals surface area (Å²) in [4.78, 5) is 30.3. The van der Waals surface area contributed by atoms with Crippen LogP contribution in [0.3, 0.4) is 0 Å². The number of amides is 1. The van der Waals surface area contributed by atoms with Crippen LogP contribution >= 0.6 is 0 Å². The van der Waals surface area contributed by atoms with Crippen molar-refractivity contribution in [2.75, 3.05) is 32.8 Å². The molecule has 1 atom stereocenters. The van der Waals surface area contributed by atoms with Gasteiger partial charge in [0.2, 0.25) is 0 Å². The number of carbonyl (C=O) groups is 2. The molecule has 3 rings (SSSR count). The van der Waals surface area contributed by atoms with Crippen LogP contribution in [0.25, 0.3) is 5.76 Å². The molecule has 1 aliphatic rings. The number of aliphatic hydroxyl groups is 1. The number of rotatable bonds is 11. The van der Waals surface area contributed by atoms with Gasteiger partial charge < -0.3 is 19.6 Å². The maximum Gasteiger partial charge on any atom is 0.295 e. The molecule has 1 N–H and O–H groups in total. The predicted octanol–water partition coefficient (Wildman–Crippen LogP) is 5.36. The average Bonchev–Trinajstić information content (AvgIpc) is 3.13. The molecule has 6 nitrogen and oxygen atoms in total. The van der Waals surface area contributed by atoms with E-state index < -0.39 is 17.7 Å². The van der Waals surface area contributed by atoms with Crippen LogP contribution < -0.4 is 4.74 Å². The summed E-state index contributed by atoms with van der Waals surface area (Å²) in [6.45, 7) is 15.7. The maximum atomic E-state index is 13.3. The van der Waals surface area contributed by atoms with Gasteiger partial charge in [-0.2, -0.15) is 0 Å². The quantitative estimate of drug-likeness (QED) is 0.260. The van der Waals surface area contributed by atoms with E-state index in [2.05, 4.69) is 39.5 Å². The summed E-state index contributed by atoms with van der Waals surface area (Å²) >= 11 is 0. The SMILES string of the molecule is CCc1ccc([C@H]2C(=C(O)c3ccc(OCC(C)C)c(C)c3)C(=O)C(=O)N2CCN(CC)CC)cc1. The van der Waals surface area contributed by atoms with Crippen molar-refractivity contribution >= 4 is 17.4 Å². The number of aryl methyl sites for hydroxylation is 2. The van der Waals surface area contributed by atoms with Crippen molar-refractivity contribution in [2.24, 2.45) is 5.92 Å². The fraction of sp³-hybridized carbons (Fsp3) is 0.467. The monoisotopic (exact) mass is 492 g/mol. The first-order valence-electron chi connectivity index (χ1n) is 13.0. The van der Waals surface area contributed by atoms with Crippen LogP contribution in [0.15, 0.2) is 48.0 Å². The first-order valence-corrected chi connectivity index (χ1v) is 13.0. The third kappa shape index (κ3) is 5.98.